The number of carbonyl (C=O) groups excluding carboxylic acids is 2. The molecule has 0 saturated carbocycles. The molecule has 3 aromatic heterocycles. The van der Waals surface area contributed by atoms with E-state index in [9.17, 15) is 97.1 Å². The van der Waals surface area contributed by atoms with Crippen LogP contribution in [0.3, 0.4) is 0 Å². The van der Waals surface area contributed by atoms with Crippen LogP contribution >= 0.6 is 11.6 Å². The Kier molecular flexibility index (Phi) is 23.2. The second-order valence-corrected chi connectivity index (χ2v) is 27.3. The number of nitrogens with two attached hydrogens (primary N) is 1. The number of pyridine rings is 3. The van der Waals surface area contributed by atoms with Gasteiger partial charge in [-0.3, -0.25) is 19.0 Å². The number of hydrogen-bond acceptors (Lipinski definition) is 13. The van der Waals surface area contributed by atoms with Crippen molar-refractivity contribution in [1.29, 1.82) is 0 Å². The molecule has 99 heavy (non-hydrogen) atoms. The van der Waals surface area contributed by atoms with Crippen molar-refractivity contribution < 1.29 is 102 Å². The molecule has 6 N–H and O–H groups in total. The van der Waals surface area contributed by atoms with Crippen LogP contribution < -0.4 is 30.3 Å². The van der Waals surface area contributed by atoms with E-state index < -0.39 is 129 Å². The Hall–Kier alpha value is -8.76. The number of ketones is 1. The lowest BCUT2D eigenvalue weighted by molar-refractivity contribution is -0.141. The van der Waals surface area contributed by atoms with Crippen LogP contribution in [-0.4, -0.2) is 105 Å². The van der Waals surface area contributed by atoms with Crippen LogP contribution in [0.1, 0.15) is 129 Å². The number of aromatic nitrogens is 3. The Morgan fingerprint density at radius 2 is 0.909 bits per heavy atom. The standard InChI is InChI=1S/C26H26F6N4O3S.C16H13F5N2O2.C12H7ClF3NO.C10H15FN2O2S/c1-14-10-17(19(27)12-21(14)35-40(3,38)39)15(2)33-24(37)16-4-5-20-18(11-16)22(13-23(34-20)26(30,31)32)36-8-6-25(28,29)7-9-36;17-15(18)3-5-23(6-4-15)12-8-13(16(19,20)21)22-11-2-1-9(14(24)25)7-10(11)12;1-6(18)7-2-3-10-8(4-7)9(13)5-11(17-10)12(14,15)16;1-6-4-8(7(2)12)9(11)5-10(6)13-16(3,14)15/h4-5,10-13,15,35H,6-9H2,1-3H3,(H,33,37);1-2,7-8H,3-6H2,(H,24,25);2-5H,1H3;4-5,7,13H,12H2,1-3H3/t15-;;;7-/m1..1/s1. The minimum absolute atomic E-state index is 0.0335. The normalized spacial score (nSPS) is 15.5. The number of carbonyl (C=O) groups is 3. The maximum atomic E-state index is 14.8. The molecule has 0 radical (unpaired) electrons. The Labute approximate surface area is 561 Å². The predicted molar refractivity (Wildman–Crippen MR) is 343 cm³/mol. The number of Topliss-reactive ketones (excluding diaryl/α,β-unsaturated/α-hetero) is 1. The molecule has 0 spiro atoms. The number of rotatable bonds is 12. The highest BCUT2D eigenvalue weighted by Crippen LogP contribution is 2.41. The molecule has 0 aliphatic carbocycles. The highest BCUT2D eigenvalue weighted by atomic mass is 35.5. The molecule has 2 atom stereocenters. The molecule has 5 heterocycles. The molecule has 0 unspecified atom stereocenters. The second-order valence-electron chi connectivity index (χ2n) is 23.4. The van der Waals surface area contributed by atoms with Gasteiger partial charge in [0.1, 0.15) is 28.7 Å². The number of aromatic carboxylic acids is 1. The van der Waals surface area contributed by atoms with E-state index in [0.29, 0.717) is 27.6 Å². The number of aryl methyl sites for hydroxylation is 2. The fourth-order valence-corrected chi connectivity index (χ4v) is 11.8. The van der Waals surface area contributed by atoms with Gasteiger partial charge in [0.15, 0.2) is 5.78 Å². The molecular weight excluding hydrogens is 1410 g/mol. The fourth-order valence-electron chi connectivity index (χ4n) is 10.3. The van der Waals surface area contributed by atoms with Gasteiger partial charge in [0.2, 0.25) is 20.0 Å². The van der Waals surface area contributed by atoms with E-state index in [-0.39, 0.29) is 104 Å². The molecule has 2 aliphatic heterocycles. The summed E-state index contributed by atoms with van der Waals surface area (Å²) in [4.78, 5) is 48.9. The summed E-state index contributed by atoms with van der Waals surface area (Å²) in [5, 5.41) is 12.3. The van der Waals surface area contributed by atoms with Crippen LogP contribution in [0.15, 0.2) is 97.1 Å². The van der Waals surface area contributed by atoms with E-state index in [2.05, 4.69) is 29.7 Å². The lowest BCUT2D eigenvalue weighted by atomic mass is 10.0. The summed E-state index contributed by atoms with van der Waals surface area (Å²) in [5.41, 5.74) is 4.42. The Morgan fingerprint density at radius 3 is 1.29 bits per heavy atom. The Bertz CT molecular complexity index is 4640. The average molecular weight is 1470 g/mol. The van der Waals surface area contributed by atoms with Crippen molar-refractivity contribution in [1.82, 2.24) is 20.3 Å². The fraction of sp³-hybridized carbons (Fsp3) is 0.344. The van der Waals surface area contributed by atoms with Gasteiger partial charge in [-0.1, -0.05) is 11.6 Å². The molecule has 8 aromatic rings. The number of halogens is 16. The van der Waals surface area contributed by atoms with E-state index in [0.717, 1.165) is 48.9 Å². The van der Waals surface area contributed by atoms with Gasteiger partial charge in [-0.15, -0.1) is 0 Å². The number of hydrogen-bond donors (Lipinski definition) is 5. The molecule has 0 bridgehead atoms. The van der Waals surface area contributed by atoms with Gasteiger partial charge < -0.3 is 26.0 Å². The number of carboxylic acid groups (broad SMARTS) is 1. The van der Waals surface area contributed by atoms with Crippen LogP contribution in [0.2, 0.25) is 5.02 Å². The molecule has 10 rings (SSSR count). The van der Waals surface area contributed by atoms with E-state index >= 15 is 0 Å². The van der Waals surface area contributed by atoms with Crippen molar-refractivity contribution in [2.75, 3.05) is 57.9 Å². The molecule has 2 saturated heterocycles. The Morgan fingerprint density at radius 1 is 0.556 bits per heavy atom. The lowest BCUT2D eigenvalue weighted by Crippen LogP contribution is -2.39. The quantitative estimate of drug-likeness (QED) is 0.0564. The maximum absolute atomic E-state index is 14.8. The van der Waals surface area contributed by atoms with Crippen molar-refractivity contribution in [2.24, 2.45) is 5.73 Å². The van der Waals surface area contributed by atoms with Crippen LogP contribution in [-0.2, 0) is 38.6 Å². The van der Waals surface area contributed by atoms with Crippen LogP contribution in [0, 0.1) is 25.5 Å². The highest BCUT2D eigenvalue weighted by molar-refractivity contribution is 7.92. The zero-order chi connectivity index (χ0) is 74.0. The number of sulfonamides is 2. The first-order valence-corrected chi connectivity index (χ1v) is 33.5. The van der Waals surface area contributed by atoms with Gasteiger partial charge in [-0.25, -0.2) is 62.9 Å². The number of alkyl halides is 13. The minimum atomic E-state index is -4.78. The SMILES string of the molecule is CC(=O)c1ccc2nc(C(F)(F)F)cc(Cl)c2c1.Cc1cc([C@@H](C)N)c(F)cc1NS(C)(=O)=O.Cc1cc([C@@H](C)NC(=O)c2ccc3nc(C(F)(F)F)cc(N4CCC(F)(F)CC4)c3c2)c(F)cc1NS(C)(=O)=O.O=C(O)c1ccc2nc(C(F)(F)F)cc(N3CCC(F)(F)CC3)c2c1. The molecule has 5 aromatic carbocycles. The number of fused-ring (bicyclic) bond motifs is 3. The van der Waals surface area contributed by atoms with E-state index in [4.69, 9.17) is 22.4 Å². The molecule has 2 fully saturated rings. The summed E-state index contributed by atoms with van der Waals surface area (Å²) in [6.07, 6.45) is -14.1. The summed E-state index contributed by atoms with van der Waals surface area (Å²) >= 11 is 5.79. The summed E-state index contributed by atoms with van der Waals surface area (Å²) in [7, 11) is -7.04. The van der Waals surface area contributed by atoms with Gasteiger partial charge in [0.25, 0.3) is 17.8 Å². The number of piperidine rings is 2. The van der Waals surface area contributed by atoms with Crippen molar-refractivity contribution >= 4 is 105 Å². The average Bonchev–Trinajstić information content (AvgIpc) is 0.779. The third kappa shape index (κ3) is 20.5. The van der Waals surface area contributed by atoms with Gasteiger partial charge >= 0.3 is 24.5 Å². The number of nitrogens with zero attached hydrogens (tertiary/aromatic N) is 5. The third-order valence-corrected chi connectivity index (χ3v) is 16.9. The number of carboxylic acids is 1. The Balaban J connectivity index is 0.000000200. The van der Waals surface area contributed by atoms with E-state index in [1.54, 1.807) is 26.8 Å². The largest absolute Gasteiger partial charge is 0.478 e. The highest BCUT2D eigenvalue weighted by Gasteiger charge is 2.40. The molecule has 534 valence electrons. The number of amides is 1. The zero-order valence-corrected chi connectivity index (χ0v) is 55.4. The summed E-state index contributed by atoms with van der Waals surface area (Å²) in [6, 6.07) is 17.7. The lowest BCUT2D eigenvalue weighted by Gasteiger charge is -2.34. The smallest absolute Gasteiger partial charge is 0.433 e. The van der Waals surface area contributed by atoms with Crippen molar-refractivity contribution in [3.63, 3.8) is 0 Å². The van der Waals surface area contributed by atoms with Crippen molar-refractivity contribution in [3.05, 3.63) is 170 Å². The van der Waals surface area contributed by atoms with Gasteiger partial charge in [0.05, 0.1) is 57.1 Å². The first kappa shape index (κ1) is 77.6. The molecule has 35 heteroatoms. The monoisotopic (exact) mass is 1470 g/mol. The van der Waals surface area contributed by atoms with E-state index in [1.165, 1.54) is 78.2 Å². The summed E-state index contributed by atoms with van der Waals surface area (Å²) in [5.74, 6) is -9.13. The number of benzene rings is 5. The zero-order valence-electron chi connectivity index (χ0n) is 53.0. The van der Waals surface area contributed by atoms with Gasteiger partial charge in [0, 0.05) is 108 Å². The van der Waals surface area contributed by atoms with Crippen molar-refractivity contribution in [2.45, 2.75) is 103 Å². The topological polar surface area (TPSA) is 247 Å². The van der Waals surface area contributed by atoms with Gasteiger partial charge in [-0.05, 0) is 143 Å². The van der Waals surface area contributed by atoms with E-state index in [1.807, 2.05) is 0 Å². The second kappa shape index (κ2) is 29.6. The number of anilines is 4. The predicted octanol–water partition coefficient (Wildman–Crippen LogP) is 15.6. The van der Waals surface area contributed by atoms with Gasteiger partial charge in [-0.2, -0.15) is 39.5 Å². The molecule has 1 amide bonds. The third-order valence-electron chi connectivity index (χ3n) is 15.4. The maximum Gasteiger partial charge on any atom is 0.433 e. The van der Waals surface area contributed by atoms with Crippen molar-refractivity contribution in [3.8, 4) is 0 Å². The minimum Gasteiger partial charge on any atom is -0.478 e. The van der Waals surface area contributed by atoms with Crippen LogP contribution in [0.5, 0.6) is 0 Å². The first-order chi connectivity index (χ1) is 45.5. The summed E-state index contributed by atoms with van der Waals surface area (Å²) < 4.78 is 250. The molecular formula is C64H61ClF15N9O8S2. The molecule has 2 aliphatic rings. The van der Waals surface area contributed by atoms with Crippen LogP contribution in [0.25, 0.3) is 32.7 Å². The number of nitrogens with one attached hydrogen (secondary N) is 3. The van der Waals surface area contributed by atoms with Crippen LogP contribution in [0.4, 0.5) is 88.6 Å². The molecule has 17 nitrogen and oxygen atoms in total. The summed E-state index contributed by atoms with van der Waals surface area (Å²) in [6.45, 7) is 7.19. The first-order valence-electron chi connectivity index (χ1n) is 29.3.